The highest BCUT2D eigenvalue weighted by Gasteiger charge is 2.27. The molecule has 2 rings (SSSR count). The van der Waals surface area contributed by atoms with Crippen molar-refractivity contribution < 1.29 is 4.79 Å². The molecule has 0 saturated heterocycles. The number of rotatable bonds is 4. The quantitative estimate of drug-likeness (QED) is 0.838. The first-order valence-corrected chi connectivity index (χ1v) is 7.46. The van der Waals surface area contributed by atoms with Crippen LogP contribution in [0.3, 0.4) is 0 Å². The molecule has 1 aromatic carbocycles. The number of urea groups is 1. The van der Waals surface area contributed by atoms with Crippen LogP contribution in [0.5, 0.6) is 0 Å². The van der Waals surface area contributed by atoms with Crippen molar-refractivity contribution in [2.45, 2.75) is 31.7 Å². The van der Waals surface area contributed by atoms with Gasteiger partial charge in [-0.05, 0) is 31.0 Å². The third-order valence-electron chi connectivity index (χ3n) is 3.43. The van der Waals surface area contributed by atoms with Gasteiger partial charge in [0.1, 0.15) is 0 Å². The minimum atomic E-state index is -0.174. The van der Waals surface area contributed by atoms with E-state index in [2.05, 4.69) is 5.32 Å². The first-order valence-electron chi connectivity index (χ1n) is 6.68. The number of carbonyl (C=O) groups excluding carboxylic acids is 1. The molecule has 0 spiro atoms. The average Bonchev–Trinajstić information content (AvgIpc) is 2.89. The number of carbonyl (C=O) groups is 1. The average molecular weight is 312 g/mol. The first-order chi connectivity index (χ1) is 9.56. The fourth-order valence-corrected chi connectivity index (χ4v) is 2.84. The van der Waals surface area contributed by atoms with Crippen molar-refractivity contribution in [1.29, 1.82) is 0 Å². The van der Waals surface area contributed by atoms with E-state index in [1.807, 2.05) is 0 Å². The summed E-state index contributed by atoms with van der Waals surface area (Å²) in [6, 6.07) is 7.12. The molecule has 1 saturated carbocycles. The minimum absolute atomic E-state index is 0.174. The van der Waals surface area contributed by atoms with Gasteiger partial charge in [-0.2, -0.15) is 0 Å². The van der Waals surface area contributed by atoms with E-state index in [0.717, 1.165) is 25.7 Å². The molecule has 6 heteroatoms. The van der Waals surface area contributed by atoms with Crippen molar-refractivity contribution in [3.63, 3.8) is 0 Å². The summed E-state index contributed by atoms with van der Waals surface area (Å²) in [7, 11) is 0. The molecule has 1 fully saturated rings. The molecule has 0 atom stereocenters. The number of nitrogens with one attached hydrogen (secondary N) is 1. The Morgan fingerprint density at radius 2 is 2.15 bits per heavy atom. The van der Waals surface area contributed by atoms with Gasteiger partial charge < -0.3 is 16.0 Å². The molecule has 1 aliphatic carbocycles. The smallest absolute Gasteiger partial charge is 0.322 e. The number of hydrogen-bond donors (Lipinski definition) is 2. The van der Waals surface area contributed by atoms with Crippen LogP contribution in [0, 0.1) is 0 Å². The monoisotopic (exact) mass is 311 g/mol. The van der Waals surface area contributed by atoms with Crippen molar-refractivity contribution >= 4 is 40.5 Å². The zero-order valence-electron chi connectivity index (χ0n) is 11.1. The lowest BCUT2D eigenvalue weighted by Gasteiger charge is -2.28. The van der Waals surface area contributed by atoms with Crippen LogP contribution in [-0.4, -0.2) is 28.5 Å². The van der Waals surface area contributed by atoms with Crippen LogP contribution in [0.4, 0.5) is 10.5 Å². The van der Waals surface area contributed by atoms with Gasteiger partial charge in [0, 0.05) is 16.8 Å². The van der Waals surface area contributed by atoms with E-state index in [9.17, 15) is 4.79 Å². The van der Waals surface area contributed by atoms with Crippen molar-refractivity contribution in [3.05, 3.63) is 29.3 Å². The second-order valence-electron chi connectivity index (χ2n) is 4.97. The van der Waals surface area contributed by atoms with Crippen molar-refractivity contribution in [3.8, 4) is 0 Å². The molecule has 3 N–H and O–H groups in total. The summed E-state index contributed by atoms with van der Waals surface area (Å²) >= 11 is 10.9. The van der Waals surface area contributed by atoms with E-state index < -0.39 is 0 Å². The van der Waals surface area contributed by atoms with E-state index >= 15 is 0 Å². The summed E-state index contributed by atoms with van der Waals surface area (Å²) in [5.41, 5.74) is 6.28. The summed E-state index contributed by atoms with van der Waals surface area (Å²) in [5.74, 6) is 0. The molecule has 1 aromatic rings. The van der Waals surface area contributed by atoms with Gasteiger partial charge in [0.15, 0.2) is 0 Å². The van der Waals surface area contributed by atoms with Crippen LogP contribution in [0.2, 0.25) is 5.02 Å². The number of thiocarbonyl (C=S) groups is 1. The fourth-order valence-electron chi connectivity index (χ4n) is 2.51. The Morgan fingerprint density at radius 1 is 1.45 bits per heavy atom. The molecule has 2 amide bonds. The highest BCUT2D eigenvalue weighted by atomic mass is 35.5. The molecular formula is C14H18ClN3OS. The van der Waals surface area contributed by atoms with Crippen LogP contribution in [0.1, 0.15) is 25.7 Å². The second-order valence-corrected chi connectivity index (χ2v) is 5.93. The maximum atomic E-state index is 12.4. The Balaban J connectivity index is 2.07. The predicted molar refractivity (Wildman–Crippen MR) is 86.2 cm³/mol. The summed E-state index contributed by atoms with van der Waals surface area (Å²) < 4.78 is 0. The van der Waals surface area contributed by atoms with E-state index in [1.165, 1.54) is 0 Å². The van der Waals surface area contributed by atoms with Crippen LogP contribution >= 0.6 is 23.8 Å². The molecule has 0 bridgehead atoms. The Hall–Kier alpha value is -1.33. The lowest BCUT2D eigenvalue weighted by Crippen LogP contribution is -2.45. The van der Waals surface area contributed by atoms with Crippen LogP contribution < -0.4 is 11.1 Å². The van der Waals surface area contributed by atoms with Gasteiger partial charge >= 0.3 is 6.03 Å². The maximum absolute atomic E-state index is 12.4. The predicted octanol–water partition coefficient (Wildman–Crippen LogP) is 3.40. The lowest BCUT2D eigenvalue weighted by molar-refractivity contribution is 0.199. The van der Waals surface area contributed by atoms with E-state index in [-0.39, 0.29) is 12.1 Å². The summed E-state index contributed by atoms with van der Waals surface area (Å²) in [6.07, 6.45) is 4.29. The lowest BCUT2D eigenvalue weighted by atomic mass is 10.2. The summed E-state index contributed by atoms with van der Waals surface area (Å²) in [5, 5.41) is 3.44. The number of anilines is 1. The SMILES string of the molecule is NC(=S)CN(C(=O)Nc1cccc(Cl)c1)C1CCCC1. The number of hydrogen-bond acceptors (Lipinski definition) is 2. The van der Waals surface area contributed by atoms with Crippen LogP contribution in [-0.2, 0) is 0 Å². The van der Waals surface area contributed by atoms with Gasteiger partial charge in [-0.1, -0.05) is 42.7 Å². The van der Waals surface area contributed by atoms with Crippen LogP contribution in [0.25, 0.3) is 0 Å². The molecular weight excluding hydrogens is 294 g/mol. The second kappa shape index (κ2) is 6.90. The van der Waals surface area contributed by atoms with Crippen LogP contribution in [0.15, 0.2) is 24.3 Å². The zero-order chi connectivity index (χ0) is 14.5. The largest absolute Gasteiger partial charge is 0.392 e. The molecule has 4 nitrogen and oxygen atoms in total. The highest BCUT2D eigenvalue weighted by Crippen LogP contribution is 2.24. The Labute approximate surface area is 129 Å². The Morgan fingerprint density at radius 3 is 2.75 bits per heavy atom. The molecule has 108 valence electrons. The third-order valence-corrected chi connectivity index (χ3v) is 3.79. The van der Waals surface area contributed by atoms with E-state index in [4.69, 9.17) is 29.6 Å². The van der Waals surface area contributed by atoms with Gasteiger partial charge in [-0.25, -0.2) is 4.79 Å². The number of amides is 2. The molecule has 0 unspecified atom stereocenters. The van der Waals surface area contributed by atoms with Gasteiger partial charge in [0.05, 0.1) is 11.5 Å². The number of nitrogens with zero attached hydrogens (tertiary/aromatic N) is 1. The molecule has 0 aromatic heterocycles. The van der Waals surface area contributed by atoms with Gasteiger partial charge in [0.2, 0.25) is 0 Å². The standard InChI is InChI=1S/C14H18ClN3OS/c15-10-4-3-5-11(8-10)17-14(19)18(9-13(16)20)12-6-1-2-7-12/h3-5,8,12H,1-2,6-7,9H2,(H2,16,20)(H,17,19). The Bertz CT molecular complexity index is 503. The number of halogens is 1. The maximum Gasteiger partial charge on any atom is 0.322 e. The number of benzene rings is 1. The van der Waals surface area contributed by atoms with Gasteiger partial charge in [-0.3, -0.25) is 0 Å². The molecule has 20 heavy (non-hydrogen) atoms. The van der Waals surface area contributed by atoms with Crippen molar-refractivity contribution in [1.82, 2.24) is 4.90 Å². The van der Waals surface area contributed by atoms with Gasteiger partial charge in [0.25, 0.3) is 0 Å². The topological polar surface area (TPSA) is 58.4 Å². The first kappa shape index (κ1) is 15.1. The molecule has 0 radical (unpaired) electrons. The van der Waals surface area contributed by atoms with Crippen molar-refractivity contribution in [2.24, 2.45) is 5.73 Å². The fraction of sp³-hybridized carbons (Fsp3) is 0.429. The van der Waals surface area contributed by atoms with Crippen molar-refractivity contribution in [2.75, 3.05) is 11.9 Å². The third kappa shape index (κ3) is 4.08. The molecule has 1 aliphatic rings. The molecule has 0 aliphatic heterocycles. The zero-order valence-corrected chi connectivity index (χ0v) is 12.7. The summed E-state index contributed by atoms with van der Waals surface area (Å²) in [4.78, 5) is 14.5. The van der Waals surface area contributed by atoms with Gasteiger partial charge in [-0.15, -0.1) is 0 Å². The Kier molecular flexibility index (Phi) is 5.20. The summed E-state index contributed by atoms with van der Waals surface area (Å²) in [6.45, 7) is 0.312. The normalized spacial score (nSPS) is 15.1. The number of nitrogens with two attached hydrogens (primary N) is 1. The van der Waals surface area contributed by atoms with E-state index in [0.29, 0.717) is 22.2 Å². The van der Waals surface area contributed by atoms with E-state index in [1.54, 1.807) is 29.2 Å². The highest BCUT2D eigenvalue weighted by molar-refractivity contribution is 7.80. The molecule has 0 heterocycles. The minimum Gasteiger partial charge on any atom is -0.392 e.